The van der Waals surface area contributed by atoms with Gasteiger partial charge in [0, 0.05) is 0 Å². The maximum absolute atomic E-state index is 2.33. The Morgan fingerprint density at radius 1 is 0.400 bits per heavy atom. The molecule has 0 aromatic rings. The van der Waals surface area contributed by atoms with Gasteiger partial charge in [0.05, 0.1) is 13.1 Å². The predicted molar refractivity (Wildman–Crippen MR) is 110 cm³/mol. The van der Waals surface area contributed by atoms with E-state index in [2.05, 4.69) is 13.8 Å². The Hall–Kier alpha value is -0.0800. The minimum Gasteiger partial charge on any atom is -0.185 e. The summed E-state index contributed by atoms with van der Waals surface area (Å²) >= 11 is 0. The van der Waals surface area contributed by atoms with Crippen molar-refractivity contribution < 1.29 is 8.97 Å². The molecule has 25 heavy (non-hydrogen) atoms. The first-order valence-electron chi connectivity index (χ1n) is 11.9. The van der Waals surface area contributed by atoms with E-state index in [1.807, 2.05) is 0 Å². The number of hydrogen-bond acceptors (Lipinski definition) is 0. The minimum atomic E-state index is 1.37. The number of unbranched alkanes of at least 4 members (excludes halogenated alkanes) is 14. The van der Waals surface area contributed by atoms with Crippen molar-refractivity contribution in [3.05, 3.63) is 0 Å². The Morgan fingerprint density at radius 2 is 0.720 bits per heavy atom. The van der Waals surface area contributed by atoms with Gasteiger partial charge in [-0.2, -0.15) is 8.97 Å². The molecule has 0 aromatic heterocycles. The Labute approximate surface area is 159 Å². The van der Waals surface area contributed by atoms with Gasteiger partial charge in [0.2, 0.25) is 20.0 Å². The molecule has 0 aliphatic carbocycles. The topological polar surface area (TPSA) is 0 Å². The average molecular weight is 353 g/mol. The molecule has 0 aromatic carbocycles. The molecule has 3 fully saturated rings. The lowest BCUT2D eigenvalue weighted by atomic mass is 10.0. The first-order valence-corrected chi connectivity index (χ1v) is 11.9. The lowest BCUT2D eigenvalue weighted by molar-refractivity contribution is -1.43. The van der Waals surface area contributed by atoms with E-state index in [0.717, 1.165) is 0 Å². The van der Waals surface area contributed by atoms with Crippen molar-refractivity contribution in [3.8, 4) is 0 Å². The third kappa shape index (κ3) is 7.21. The van der Waals surface area contributed by atoms with Crippen LogP contribution in [0, 0.1) is 0 Å². The molecule has 3 heterocycles. The largest absolute Gasteiger partial charge is 0.225 e. The van der Waals surface area contributed by atoms with Crippen molar-refractivity contribution in [3.63, 3.8) is 0 Å². The SMILES string of the molecule is CCCCCCCCCCCCCCCC[N+]12C[N+](CCCC)(C1)C2. The van der Waals surface area contributed by atoms with E-state index in [-0.39, 0.29) is 0 Å². The molecule has 2 bridgehead atoms. The Kier molecular flexibility index (Phi) is 9.84. The van der Waals surface area contributed by atoms with Gasteiger partial charge in [-0.25, -0.2) is 0 Å². The van der Waals surface area contributed by atoms with Crippen LogP contribution in [0.5, 0.6) is 0 Å². The smallest absolute Gasteiger partial charge is 0.185 e. The summed E-state index contributed by atoms with van der Waals surface area (Å²) in [4.78, 5) is 0. The van der Waals surface area contributed by atoms with Gasteiger partial charge in [-0.15, -0.1) is 0 Å². The van der Waals surface area contributed by atoms with Crippen LogP contribution in [0.1, 0.15) is 117 Å². The van der Waals surface area contributed by atoms with Crippen molar-refractivity contribution in [1.29, 1.82) is 0 Å². The van der Waals surface area contributed by atoms with Crippen LogP contribution in [-0.2, 0) is 0 Å². The number of hydrogen-bond donors (Lipinski definition) is 0. The second kappa shape index (κ2) is 11.6. The molecule has 0 amide bonds. The molecule has 3 saturated heterocycles. The van der Waals surface area contributed by atoms with Crippen LogP contribution in [0.3, 0.4) is 0 Å². The van der Waals surface area contributed by atoms with E-state index in [4.69, 9.17) is 0 Å². The van der Waals surface area contributed by atoms with Gasteiger partial charge in [-0.1, -0.05) is 97.3 Å². The normalized spacial score (nSPS) is 27.1. The molecule has 0 saturated carbocycles. The summed E-state index contributed by atoms with van der Waals surface area (Å²) in [5, 5.41) is 0. The molecule has 3 aliphatic heterocycles. The van der Waals surface area contributed by atoms with Crippen LogP contribution < -0.4 is 0 Å². The molecular formula is C23H48N2+2. The van der Waals surface area contributed by atoms with Gasteiger partial charge < -0.3 is 0 Å². The zero-order chi connectivity index (χ0) is 17.8. The first-order chi connectivity index (χ1) is 12.2. The van der Waals surface area contributed by atoms with E-state index in [1.165, 1.54) is 145 Å². The molecule has 0 atom stereocenters. The number of quaternary nitrogens is 2. The fourth-order valence-electron chi connectivity index (χ4n) is 5.34. The van der Waals surface area contributed by atoms with E-state index in [9.17, 15) is 0 Å². The Bertz CT molecular complexity index is 319. The van der Waals surface area contributed by atoms with E-state index in [1.54, 1.807) is 0 Å². The second-order valence-electron chi connectivity index (χ2n) is 9.50. The van der Waals surface area contributed by atoms with Gasteiger partial charge in [0.15, 0.2) is 0 Å². The molecule has 2 heteroatoms. The highest BCUT2D eigenvalue weighted by Gasteiger charge is 2.70. The number of rotatable bonds is 18. The first kappa shape index (κ1) is 21.2. The third-order valence-electron chi connectivity index (χ3n) is 6.77. The van der Waals surface area contributed by atoms with Crippen LogP contribution in [0.2, 0.25) is 0 Å². The summed E-state index contributed by atoms with van der Waals surface area (Å²) in [6.07, 6.45) is 23.5. The molecule has 0 N–H and O–H groups in total. The van der Waals surface area contributed by atoms with Gasteiger partial charge in [-0.05, 0) is 19.3 Å². The highest BCUT2D eigenvalue weighted by Crippen LogP contribution is 2.43. The molecule has 148 valence electrons. The summed E-state index contributed by atoms with van der Waals surface area (Å²) in [5.41, 5.74) is 0. The van der Waals surface area contributed by atoms with Crippen molar-refractivity contribution >= 4 is 0 Å². The summed E-state index contributed by atoms with van der Waals surface area (Å²) < 4.78 is 2.97. The van der Waals surface area contributed by atoms with Crippen molar-refractivity contribution in [2.45, 2.75) is 117 Å². The molecule has 3 aliphatic rings. The Morgan fingerprint density at radius 3 is 1.12 bits per heavy atom. The maximum Gasteiger partial charge on any atom is 0.225 e. The van der Waals surface area contributed by atoms with Crippen LogP contribution in [0.4, 0.5) is 0 Å². The summed E-state index contributed by atoms with van der Waals surface area (Å²) in [5.74, 6) is 0. The fourth-order valence-corrected chi connectivity index (χ4v) is 5.34. The second-order valence-corrected chi connectivity index (χ2v) is 9.50. The zero-order valence-electron chi connectivity index (χ0n) is 17.7. The van der Waals surface area contributed by atoms with E-state index >= 15 is 0 Å². The molecule has 0 spiro atoms. The van der Waals surface area contributed by atoms with E-state index < -0.39 is 0 Å². The Balaban J connectivity index is 1.27. The van der Waals surface area contributed by atoms with Crippen LogP contribution >= 0.6 is 0 Å². The minimum absolute atomic E-state index is 1.37. The molecular weight excluding hydrogens is 304 g/mol. The predicted octanol–water partition coefficient (Wildman–Crippen LogP) is 6.80. The highest BCUT2D eigenvalue weighted by atomic mass is 15.9. The average Bonchev–Trinajstić information content (AvgIpc) is 2.55. The van der Waals surface area contributed by atoms with Crippen LogP contribution in [-0.4, -0.2) is 42.1 Å². The lowest BCUT2D eigenvalue weighted by Crippen LogP contribution is -2.95. The van der Waals surface area contributed by atoms with Gasteiger partial charge in [0.25, 0.3) is 0 Å². The van der Waals surface area contributed by atoms with Crippen molar-refractivity contribution in [2.24, 2.45) is 0 Å². The standard InChI is InChI=1S/C23H48N2/c1-3-5-7-8-9-10-11-12-13-14-15-16-17-18-20-25-21-24(22-25,23-25)19-6-4-2/h3-23H2,1-2H3/q+2. The van der Waals surface area contributed by atoms with Gasteiger partial charge in [0.1, 0.15) is 0 Å². The summed E-state index contributed by atoms with van der Waals surface area (Å²) in [6, 6.07) is 0. The van der Waals surface area contributed by atoms with Crippen LogP contribution in [0.25, 0.3) is 0 Å². The molecule has 2 nitrogen and oxygen atoms in total. The van der Waals surface area contributed by atoms with Gasteiger partial charge >= 0.3 is 0 Å². The van der Waals surface area contributed by atoms with Crippen molar-refractivity contribution in [2.75, 3.05) is 33.1 Å². The van der Waals surface area contributed by atoms with Crippen molar-refractivity contribution in [1.82, 2.24) is 0 Å². The van der Waals surface area contributed by atoms with Gasteiger partial charge in [-0.3, -0.25) is 0 Å². The maximum atomic E-state index is 2.33. The monoisotopic (exact) mass is 352 g/mol. The van der Waals surface area contributed by atoms with Crippen LogP contribution in [0.15, 0.2) is 0 Å². The third-order valence-corrected chi connectivity index (χ3v) is 6.77. The summed E-state index contributed by atoms with van der Waals surface area (Å²) in [6.45, 7) is 12.0. The van der Waals surface area contributed by atoms with E-state index in [0.29, 0.717) is 0 Å². The number of nitrogens with zero attached hydrogens (tertiary/aromatic N) is 2. The fraction of sp³-hybridized carbons (Fsp3) is 1.00. The molecule has 3 rings (SSSR count). The summed E-state index contributed by atoms with van der Waals surface area (Å²) in [7, 11) is 0. The lowest BCUT2D eigenvalue weighted by Gasteiger charge is -2.68. The highest BCUT2D eigenvalue weighted by molar-refractivity contribution is 4.57. The molecule has 0 unspecified atom stereocenters. The zero-order valence-corrected chi connectivity index (χ0v) is 17.7. The quantitative estimate of drug-likeness (QED) is 0.188. The molecule has 0 radical (unpaired) electrons.